The largest absolute Gasteiger partial charge is 0.394 e. The van der Waals surface area contributed by atoms with Gasteiger partial charge >= 0.3 is 0 Å². The van der Waals surface area contributed by atoms with E-state index in [4.69, 9.17) is 11.6 Å². The second kappa shape index (κ2) is 5.81. The highest BCUT2D eigenvalue weighted by Gasteiger charge is 2.42. The van der Waals surface area contributed by atoms with Crippen molar-refractivity contribution in [3.63, 3.8) is 0 Å². The molecule has 0 aliphatic heterocycles. The van der Waals surface area contributed by atoms with Gasteiger partial charge in [-0.05, 0) is 43.4 Å². The first-order valence-electron chi connectivity index (χ1n) is 6.30. The van der Waals surface area contributed by atoms with Crippen LogP contribution in [0.1, 0.15) is 25.3 Å². The molecule has 1 amide bonds. The summed E-state index contributed by atoms with van der Waals surface area (Å²) in [6.45, 7) is 1.88. The van der Waals surface area contributed by atoms with Gasteiger partial charge in [0.1, 0.15) is 0 Å². The Labute approximate surface area is 126 Å². The summed E-state index contributed by atoms with van der Waals surface area (Å²) in [6.07, 6.45) is 2.42. The average Bonchev–Trinajstić information content (AvgIpc) is 3.17. The van der Waals surface area contributed by atoms with E-state index < -0.39 is 5.54 Å². The topological polar surface area (TPSA) is 49.3 Å². The average molecular weight is 347 g/mol. The predicted molar refractivity (Wildman–Crippen MR) is 79.2 cm³/mol. The first kappa shape index (κ1) is 14.8. The van der Waals surface area contributed by atoms with Crippen molar-refractivity contribution in [2.75, 3.05) is 6.61 Å². The summed E-state index contributed by atoms with van der Waals surface area (Å²) >= 11 is 9.27. The van der Waals surface area contributed by atoms with E-state index >= 15 is 0 Å². The highest BCUT2D eigenvalue weighted by Crippen LogP contribution is 2.39. The Kier molecular flexibility index (Phi) is 4.54. The fraction of sp³-hybridized carbons (Fsp3) is 0.500. The Bertz CT molecular complexity index is 490. The van der Waals surface area contributed by atoms with E-state index in [9.17, 15) is 9.90 Å². The smallest absolute Gasteiger partial charge is 0.224 e. The summed E-state index contributed by atoms with van der Waals surface area (Å²) in [4.78, 5) is 12.1. The molecule has 104 valence electrons. The molecule has 1 aromatic carbocycles. The minimum atomic E-state index is -0.490. The number of nitrogens with one attached hydrogen (secondary N) is 1. The Morgan fingerprint density at radius 2 is 2.26 bits per heavy atom. The van der Waals surface area contributed by atoms with Crippen molar-refractivity contribution in [1.82, 2.24) is 5.32 Å². The van der Waals surface area contributed by atoms with Crippen molar-refractivity contribution in [3.05, 3.63) is 33.3 Å². The number of aliphatic hydroxyl groups excluding tert-OH is 1. The third kappa shape index (κ3) is 3.71. The fourth-order valence-corrected chi connectivity index (χ4v) is 3.01. The number of hydrogen-bond acceptors (Lipinski definition) is 2. The van der Waals surface area contributed by atoms with Crippen molar-refractivity contribution in [2.24, 2.45) is 5.92 Å². The first-order chi connectivity index (χ1) is 8.94. The number of benzene rings is 1. The van der Waals surface area contributed by atoms with Crippen LogP contribution in [-0.4, -0.2) is 23.2 Å². The van der Waals surface area contributed by atoms with Gasteiger partial charge in [-0.15, -0.1) is 0 Å². The van der Waals surface area contributed by atoms with Crippen LogP contribution in [0, 0.1) is 5.92 Å². The van der Waals surface area contributed by atoms with Crippen LogP contribution in [0.4, 0.5) is 0 Å². The lowest BCUT2D eigenvalue weighted by molar-refractivity contribution is -0.123. The second-order valence-electron chi connectivity index (χ2n) is 5.31. The first-order valence-corrected chi connectivity index (χ1v) is 7.47. The molecule has 1 atom stereocenters. The van der Waals surface area contributed by atoms with Gasteiger partial charge in [0.15, 0.2) is 0 Å². The molecule has 1 fully saturated rings. The molecule has 1 aliphatic carbocycles. The minimum Gasteiger partial charge on any atom is -0.394 e. The number of carbonyl (C=O) groups is 1. The molecule has 3 nitrogen and oxygen atoms in total. The summed E-state index contributed by atoms with van der Waals surface area (Å²) < 4.78 is 0.826. The van der Waals surface area contributed by atoms with Crippen LogP contribution in [0.2, 0.25) is 5.02 Å². The van der Waals surface area contributed by atoms with Crippen LogP contribution in [0.3, 0.4) is 0 Å². The van der Waals surface area contributed by atoms with E-state index in [0.29, 0.717) is 10.9 Å². The number of halogens is 2. The van der Waals surface area contributed by atoms with Crippen molar-refractivity contribution < 1.29 is 9.90 Å². The number of hydrogen-bond donors (Lipinski definition) is 2. The summed E-state index contributed by atoms with van der Waals surface area (Å²) in [7, 11) is 0. The Morgan fingerprint density at radius 3 is 2.79 bits per heavy atom. The molecule has 19 heavy (non-hydrogen) atoms. The fourth-order valence-electron chi connectivity index (χ4n) is 2.19. The quantitative estimate of drug-likeness (QED) is 0.861. The monoisotopic (exact) mass is 345 g/mol. The molecule has 0 heterocycles. The molecule has 1 unspecified atom stereocenters. The van der Waals surface area contributed by atoms with Gasteiger partial charge in [-0.2, -0.15) is 0 Å². The van der Waals surface area contributed by atoms with Gasteiger partial charge in [-0.3, -0.25) is 4.79 Å². The summed E-state index contributed by atoms with van der Waals surface area (Å²) in [5, 5.41) is 13.0. The minimum absolute atomic E-state index is 0.0226. The van der Waals surface area contributed by atoms with Crippen LogP contribution < -0.4 is 5.32 Å². The molecule has 0 saturated heterocycles. The zero-order valence-electron chi connectivity index (χ0n) is 10.7. The zero-order chi connectivity index (χ0) is 14.0. The lowest BCUT2D eigenvalue weighted by atomic mass is 9.96. The lowest BCUT2D eigenvalue weighted by Gasteiger charge is -2.28. The van der Waals surface area contributed by atoms with Gasteiger partial charge in [0.25, 0.3) is 0 Å². The Balaban J connectivity index is 2.00. The molecule has 0 radical (unpaired) electrons. The number of amides is 1. The van der Waals surface area contributed by atoms with Gasteiger partial charge in [0.2, 0.25) is 5.91 Å². The van der Waals surface area contributed by atoms with Gasteiger partial charge in [-0.25, -0.2) is 0 Å². The van der Waals surface area contributed by atoms with Gasteiger partial charge in [0, 0.05) is 9.50 Å². The standard InChI is InChI=1S/C14H17BrClNO2/c1-14(8-18,10-3-4-10)17-13(19)6-9-2-5-11(16)7-12(9)15/h2,5,7,10,18H,3-4,6,8H2,1H3,(H,17,19). The third-order valence-electron chi connectivity index (χ3n) is 3.60. The van der Waals surface area contributed by atoms with Crippen LogP contribution in [0.25, 0.3) is 0 Å². The maximum Gasteiger partial charge on any atom is 0.224 e. The molecule has 2 N–H and O–H groups in total. The van der Waals surface area contributed by atoms with Crippen LogP contribution in [0.15, 0.2) is 22.7 Å². The van der Waals surface area contributed by atoms with Crippen LogP contribution in [-0.2, 0) is 11.2 Å². The van der Waals surface area contributed by atoms with Crippen molar-refractivity contribution >= 4 is 33.4 Å². The SMILES string of the molecule is CC(CO)(NC(=O)Cc1ccc(Cl)cc1Br)C1CC1. The molecule has 2 rings (SSSR count). The summed E-state index contributed by atoms with van der Waals surface area (Å²) in [5.41, 5.74) is 0.397. The van der Waals surface area contributed by atoms with Gasteiger partial charge in [0.05, 0.1) is 18.6 Å². The van der Waals surface area contributed by atoms with Crippen molar-refractivity contribution in [3.8, 4) is 0 Å². The molecular formula is C14H17BrClNO2. The molecule has 5 heteroatoms. The molecule has 0 spiro atoms. The van der Waals surface area contributed by atoms with Gasteiger partial charge < -0.3 is 10.4 Å². The molecule has 1 aliphatic rings. The Hall–Kier alpha value is -0.580. The van der Waals surface area contributed by atoms with Crippen molar-refractivity contribution in [1.29, 1.82) is 0 Å². The summed E-state index contributed by atoms with van der Waals surface area (Å²) in [6, 6.07) is 5.37. The normalized spacial score (nSPS) is 17.9. The van der Waals surface area contributed by atoms with Crippen LogP contribution in [0.5, 0.6) is 0 Å². The van der Waals surface area contributed by atoms with Gasteiger partial charge in [-0.1, -0.05) is 33.6 Å². The maximum atomic E-state index is 12.1. The number of aliphatic hydroxyl groups is 1. The predicted octanol–water partition coefficient (Wildman–Crippen LogP) is 2.92. The lowest BCUT2D eigenvalue weighted by Crippen LogP contribution is -2.51. The maximum absolute atomic E-state index is 12.1. The highest BCUT2D eigenvalue weighted by atomic mass is 79.9. The van der Waals surface area contributed by atoms with E-state index in [0.717, 1.165) is 22.9 Å². The number of rotatable bonds is 5. The highest BCUT2D eigenvalue weighted by molar-refractivity contribution is 9.10. The van der Waals surface area contributed by atoms with E-state index in [1.807, 2.05) is 13.0 Å². The molecular weight excluding hydrogens is 330 g/mol. The van der Waals surface area contributed by atoms with E-state index in [1.165, 1.54) is 0 Å². The zero-order valence-corrected chi connectivity index (χ0v) is 13.1. The number of carbonyl (C=O) groups excluding carboxylic acids is 1. The van der Waals surface area contributed by atoms with Crippen molar-refractivity contribution in [2.45, 2.75) is 31.7 Å². The van der Waals surface area contributed by atoms with E-state index in [-0.39, 0.29) is 18.9 Å². The molecule has 1 aromatic rings. The van der Waals surface area contributed by atoms with E-state index in [1.54, 1.807) is 12.1 Å². The molecule has 1 saturated carbocycles. The second-order valence-corrected chi connectivity index (χ2v) is 6.60. The van der Waals surface area contributed by atoms with Crippen LogP contribution >= 0.6 is 27.5 Å². The summed E-state index contributed by atoms with van der Waals surface area (Å²) in [5.74, 6) is 0.321. The Morgan fingerprint density at radius 1 is 1.58 bits per heavy atom. The molecule has 0 bridgehead atoms. The third-order valence-corrected chi connectivity index (χ3v) is 4.57. The van der Waals surface area contributed by atoms with E-state index in [2.05, 4.69) is 21.2 Å². The molecule has 0 aromatic heterocycles.